The first kappa shape index (κ1) is 73.1. The first-order valence-electron chi connectivity index (χ1n) is 32.4. The van der Waals surface area contributed by atoms with Gasteiger partial charge in [0, 0.05) is 19.3 Å². The summed E-state index contributed by atoms with van der Waals surface area (Å²) in [6, 6.07) is 0. The van der Waals surface area contributed by atoms with Crippen molar-refractivity contribution >= 4 is 17.9 Å². The second-order valence-electron chi connectivity index (χ2n) is 21.3. The van der Waals surface area contributed by atoms with Gasteiger partial charge in [-0.15, -0.1) is 0 Å². The number of hydrogen-bond donors (Lipinski definition) is 0. The standard InChI is InChI=1S/C71H120O6/c1-4-7-10-13-16-19-21-23-25-27-28-29-30-31-32-33-34-35-36-37-38-39-40-41-42-43-44-45-47-48-50-52-55-58-61-64-70(73)76-67-68(66-75-69(72)63-60-57-54-18-15-12-9-6-3)77-71(74)65-62-59-56-53-51-49-46-26-24-22-20-17-14-11-8-5-2/h7,10,16,19-20,22-23,25-26,28-29,31-32,34-35,37-38,46,68H,4-6,8-9,11-15,17-18,21,24,27,30,33,36,39-45,47-67H2,1-3H3/b10-7-,19-16-,22-20-,25-23-,29-28-,32-31-,35-34-,38-37-,46-26-. The van der Waals surface area contributed by atoms with Crippen molar-refractivity contribution in [1.29, 1.82) is 0 Å². The van der Waals surface area contributed by atoms with E-state index in [9.17, 15) is 14.4 Å². The Morgan fingerprint density at radius 3 is 0.805 bits per heavy atom. The molecule has 0 saturated heterocycles. The van der Waals surface area contributed by atoms with Crippen LogP contribution in [0.1, 0.15) is 303 Å². The average molecular weight is 1070 g/mol. The van der Waals surface area contributed by atoms with E-state index in [0.717, 1.165) is 128 Å². The van der Waals surface area contributed by atoms with Crippen molar-refractivity contribution in [3.63, 3.8) is 0 Å². The van der Waals surface area contributed by atoms with Gasteiger partial charge in [-0.05, 0) is 109 Å². The molecule has 0 spiro atoms. The summed E-state index contributed by atoms with van der Waals surface area (Å²) in [4.78, 5) is 38.1. The van der Waals surface area contributed by atoms with Crippen molar-refractivity contribution in [3.8, 4) is 0 Å². The summed E-state index contributed by atoms with van der Waals surface area (Å²) in [7, 11) is 0. The van der Waals surface area contributed by atoms with Crippen LogP contribution >= 0.6 is 0 Å². The van der Waals surface area contributed by atoms with E-state index < -0.39 is 6.10 Å². The predicted octanol–water partition coefficient (Wildman–Crippen LogP) is 22.2. The summed E-state index contributed by atoms with van der Waals surface area (Å²) in [6.07, 6.45) is 88.3. The number of allylic oxidation sites excluding steroid dienone is 18. The van der Waals surface area contributed by atoms with Crippen molar-refractivity contribution in [2.75, 3.05) is 13.2 Å². The summed E-state index contributed by atoms with van der Waals surface area (Å²) in [5.41, 5.74) is 0. The molecule has 1 atom stereocenters. The maximum Gasteiger partial charge on any atom is 0.306 e. The van der Waals surface area contributed by atoms with E-state index in [1.165, 1.54) is 135 Å². The average Bonchev–Trinajstić information content (AvgIpc) is 3.43. The molecule has 0 radical (unpaired) electrons. The van der Waals surface area contributed by atoms with Crippen LogP contribution in [0.15, 0.2) is 109 Å². The van der Waals surface area contributed by atoms with Crippen molar-refractivity contribution in [2.45, 2.75) is 309 Å². The van der Waals surface area contributed by atoms with E-state index in [0.29, 0.717) is 19.3 Å². The topological polar surface area (TPSA) is 78.9 Å². The van der Waals surface area contributed by atoms with Crippen LogP contribution in [0.2, 0.25) is 0 Å². The Morgan fingerprint density at radius 2 is 0.506 bits per heavy atom. The van der Waals surface area contributed by atoms with Crippen LogP contribution in [0.4, 0.5) is 0 Å². The SMILES string of the molecule is CC/C=C\C/C=C\C/C=C\C/C=C\C/C=C\C/C=C\C/C=C\CCCCCCCCCCCCCCCC(=O)OCC(COC(=O)CCCCCCCCCC)OC(=O)CCCCCCC/C=C\C/C=C\CCCCCC. The first-order chi connectivity index (χ1) is 38.0. The number of unbranched alkanes of at least 4 members (excludes halogenated alkanes) is 29. The van der Waals surface area contributed by atoms with Crippen molar-refractivity contribution < 1.29 is 28.6 Å². The van der Waals surface area contributed by atoms with Gasteiger partial charge in [0.25, 0.3) is 0 Å². The number of ether oxygens (including phenoxy) is 3. The molecule has 1 unspecified atom stereocenters. The van der Waals surface area contributed by atoms with Gasteiger partial charge < -0.3 is 14.2 Å². The highest BCUT2D eigenvalue weighted by atomic mass is 16.6. The molecule has 0 aromatic rings. The minimum absolute atomic E-state index is 0.0811. The molecule has 0 aliphatic heterocycles. The van der Waals surface area contributed by atoms with Crippen LogP contribution < -0.4 is 0 Å². The van der Waals surface area contributed by atoms with Crippen LogP contribution in [0.25, 0.3) is 0 Å². The highest BCUT2D eigenvalue weighted by Gasteiger charge is 2.19. The summed E-state index contributed by atoms with van der Waals surface area (Å²) >= 11 is 0. The number of rotatable bonds is 58. The molecular formula is C71H120O6. The van der Waals surface area contributed by atoms with Crippen molar-refractivity contribution in [1.82, 2.24) is 0 Å². The Morgan fingerprint density at radius 1 is 0.273 bits per heavy atom. The van der Waals surface area contributed by atoms with Gasteiger partial charge in [0.2, 0.25) is 0 Å². The molecule has 0 rings (SSSR count). The third-order valence-corrected chi connectivity index (χ3v) is 13.8. The Labute approximate surface area is 476 Å². The van der Waals surface area contributed by atoms with Gasteiger partial charge in [0.1, 0.15) is 13.2 Å². The molecule has 6 nitrogen and oxygen atoms in total. The minimum Gasteiger partial charge on any atom is -0.462 e. The normalized spacial score (nSPS) is 12.8. The van der Waals surface area contributed by atoms with Gasteiger partial charge in [0.15, 0.2) is 6.10 Å². The summed E-state index contributed by atoms with van der Waals surface area (Å²) in [5.74, 6) is -0.894. The highest BCUT2D eigenvalue weighted by molar-refractivity contribution is 5.71. The smallest absolute Gasteiger partial charge is 0.306 e. The summed E-state index contributed by atoms with van der Waals surface area (Å²) < 4.78 is 16.8. The van der Waals surface area contributed by atoms with E-state index in [-0.39, 0.29) is 31.1 Å². The van der Waals surface area contributed by atoms with Crippen LogP contribution in [0, 0.1) is 0 Å². The maximum absolute atomic E-state index is 12.8. The van der Waals surface area contributed by atoms with E-state index >= 15 is 0 Å². The number of carbonyl (C=O) groups is 3. The van der Waals surface area contributed by atoms with E-state index in [4.69, 9.17) is 14.2 Å². The zero-order valence-electron chi connectivity index (χ0n) is 50.4. The fraction of sp³-hybridized carbons (Fsp3) is 0.704. The van der Waals surface area contributed by atoms with E-state index in [1.807, 2.05) is 0 Å². The molecule has 0 heterocycles. The van der Waals surface area contributed by atoms with Gasteiger partial charge in [-0.3, -0.25) is 14.4 Å². The number of hydrogen-bond acceptors (Lipinski definition) is 6. The molecule has 0 bridgehead atoms. The lowest BCUT2D eigenvalue weighted by Gasteiger charge is -2.18. The van der Waals surface area contributed by atoms with Crippen LogP contribution in [0.3, 0.4) is 0 Å². The summed E-state index contributed by atoms with van der Waals surface area (Å²) in [6.45, 7) is 6.48. The monoisotopic (exact) mass is 1070 g/mol. The maximum atomic E-state index is 12.8. The van der Waals surface area contributed by atoms with Gasteiger partial charge >= 0.3 is 17.9 Å². The third kappa shape index (κ3) is 62.8. The zero-order chi connectivity index (χ0) is 55.7. The van der Waals surface area contributed by atoms with Crippen molar-refractivity contribution in [3.05, 3.63) is 109 Å². The highest BCUT2D eigenvalue weighted by Crippen LogP contribution is 2.16. The van der Waals surface area contributed by atoms with Gasteiger partial charge in [0.05, 0.1) is 0 Å². The van der Waals surface area contributed by atoms with Crippen LogP contribution in [-0.2, 0) is 28.6 Å². The second kappa shape index (κ2) is 64.6. The van der Waals surface area contributed by atoms with Crippen LogP contribution in [0.5, 0.6) is 0 Å². The van der Waals surface area contributed by atoms with Gasteiger partial charge in [-0.1, -0.05) is 284 Å². The third-order valence-electron chi connectivity index (χ3n) is 13.8. The molecule has 0 amide bonds. The van der Waals surface area contributed by atoms with E-state index in [1.54, 1.807) is 0 Å². The van der Waals surface area contributed by atoms with Gasteiger partial charge in [-0.25, -0.2) is 0 Å². The molecule has 0 aliphatic carbocycles. The largest absolute Gasteiger partial charge is 0.462 e. The lowest BCUT2D eigenvalue weighted by molar-refractivity contribution is -0.167. The second-order valence-corrected chi connectivity index (χ2v) is 21.3. The molecule has 0 aromatic carbocycles. The van der Waals surface area contributed by atoms with E-state index in [2.05, 4.69) is 130 Å². The number of esters is 3. The lowest BCUT2D eigenvalue weighted by Crippen LogP contribution is -2.30. The molecule has 440 valence electrons. The Bertz CT molecular complexity index is 1560. The molecule has 0 aromatic heterocycles. The van der Waals surface area contributed by atoms with Crippen molar-refractivity contribution in [2.24, 2.45) is 0 Å². The Balaban J connectivity index is 4.09. The molecule has 0 saturated carbocycles. The molecular weight excluding hydrogens is 949 g/mol. The molecule has 77 heavy (non-hydrogen) atoms. The molecule has 0 N–H and O–H groups in total. The molecule has 6 heteroatoms. The fourth-order valence-corrected chi connectivity index (χ4v) is 8.92. The lowest BCUT2D eigenvalue weighted by atomic mass is 10.0. The number of carbonyl (C=O) groups excluding carboxylic acids is 3. The minimum atomic E-state index is -0.783. The molecule has 0 aliphatic rings. The Kier molecular flexibility index (Phi) is 61.3. The van der Waals surface area contributed by atoms with Crippen LogP contribution in [-0.4, -0.2) is 37.2 Å². The zero-order valence-corrected chi connectivity index (χ0v) is 50.4. The fourth-order valence-electron chi connectivity index (χ4n) is 8.92. The first-order valence-corrected chi connectivity index (χ1v) is 32.4. The Hall–Kier alpha value is -3.93. The molecule has 0 fully saturated rings. The quantitative estimate of drug-likeness (QED) is 0.0261. The van der Waals surface area contributed by atoms with Gasteiger partial charge in [-0.2, -0.15) is 0 Å². The summed E-state index contributed by atoms with van der Waals surface area (Å²) in [5, 5.41) is 0. The predicted molar refractivity (Wildman–Crippen MR) is 334 cm³/mol.